The summed E-state index contributed by atoms with van der Waals surface area (Å²) in [6, 6.07) is 0. The van der Waals surface area contributed by atoms with Crippen LogP contribution in [0.25, 0.3) is 0 Å². The quantitative estimate of drug-likeness (QED) is 0.249. The van der Waals surface area contributed by atoms with Crippen LogP contribution >= 0.6 is 0 Å². The van der Waals surface area contributed by atoms with Crippen LogP contribution in [0.3, 0.4) is 0 Å². The Kier molecular flexibility index (Phi) is 11.6. The summed E-state index contributed by atoms with van der Waals surface area (Å²) in [5.41, 5.74) is -0.199. The van der Waals surface area contributed by atoms with Crippen LogP contribution in [0, 0.1) is 11.8 Å². The molecule has 5 nitrogen and oxygen atoms in total. The number of unbranched alkanes of at least 4 members (excludes halogenated alkanes) is 5. The molecule has 3 N–H and O–H groups in total. The van der Waals surface area contributed by atoms with E-state index in [4.69, 9.17) is 10.2 Å². The largest absolute Gasteiger partial charge is 0.478 e. The van der Waals surface area contributed by atoms with Gasteiger partial charge in [-0.15, -0.1) is 0 Å². The highest BCUT2D eigenvalue weighted by Crippen LogP contribution is 2.38. The van der Waals surface area contributed by atoms with Gasteiger partial charge in [-0.2, -0.15) is 0 Å². The van der Waals surface area contributed by atoms with Crippen LogP contribution in [-0.4, -0.2) is 25.2 Å². The third-order valence-electron chi connectivity index (χ3n) is 5.51. The number of carboxylic acids is 1. The molecule has 2 atom stereocenters. The molecule has 0 bridgehead atoms. The molecule has 0 unspecified atom stereocenters. The van der Waals surface area contributed by atoms with Crippen molar-refractivity contribution >= 4 is 16.0 Å². The molecule has 0 aliphatic heterocycles. The Labute approximate surface area is 165 Å². The molecule has 156 valence electrons. The van der Waals surface area contributed by atoms with Gasteiger partial charge in [-0.25, -0.2) is 18.4 Å². The van der Waals surface area contributed by atoms with E-state index in [1.165, 1.54) is 70.3 Å². The van der Waals surface area contributed by atoms with Crippen molar-refractivity contribution in [3.05, 3.63) is 23.8 Å². The maximum atomic E-state index is 11.1. The predicted molar refractivity (Wildman–Crippen MR) is 111 cm³/mol. The molecule has 1 aliphatic carbocycles. The monoisotopic (exact) mass is 399 g/mol. The zero-order valence-corrected chi connectivity index (χ0v) is 17.6. The summed E-state index contributed by atoms with van der Waals surface area (Å²) < 4.78 is 22.1. The molecule has 0 heterocycles. The zero-order valence-electron chi connectivity index (χ0n) is 16.7. The average molecular weight is 400 g/mol. The first-order valence-electron chi connectivity index (χ1n) is 10.4. The first-order chi connectivity index (χ1) is 12.8. The standard InChI is InChI=1S/C21H37NO4S/c1-2-3-4-5-6-8-12-18-15-11-16-19(18)13-9-7-10-14-20(21(23)24)17-27(22,25)26/h7,10,14,18-19H,2-6,8-9,11-13,15-17H2,1H3,(H,23,24)(H2,22,25,26)/t18-,19-/m0/s1. The van der Waals surface area contributed by atoms with Crippen molar-refractivity contribution in [2.24, 2.45) is 17.0 Å². The SMILES string of the molecule is CCCCCCCC[C@H]1CCC[C@@H]1CCC=CC=C(CS(N)(=O)=O)C(=O)O. The van der Waals surface area contributed by atoms with E-state index >= 15 is 0 Å². The van der Waals surface area contributed by atoms with Crippen LogP contribution in [0.15, 0.2) is 23.8 Å². The van der Waals surface area contributed by atoms with Crippen LogP contribution < -0.4 is 5.14 Å². The fourth-order valence-corrected chi connectivity index (χ4v) is 4.70. The number of sulfonamides is 1. The van der Waals surface area contributed by atoms with Gasteiger partial charge in [-0.3, -0.25) is 0 Å². The molecule has 6 heteroatoms. The number of carbonyl (C=O) groups is 1. The Balaban J connectivity index is 2.33. The molecule has 0 aromatic rings. The fourth-order valence-electron chi connectivity index (χ4n) is 4.05. The van der Waals surface area contributed by atoms with Gasteiger partial charge >= 0.3 is 5.97 Å². The highest BCUT2D eigenvalue weighted by molar-refractivity contribution is 7.89. The van der Waals surface area contributed by atoms with E-state index in [2.05, 4.69) is 6.92 Å². The van der Waals surface area contributed by atoms with E-state index in [0.717, 1.165) is 24.7 Å². The van der Waals surface area contributed by atoms with Crippen molar-refractivity contribution in [2.45, 2.75) is 84.0 Å². The molecular formula is C21H37NO4S. The molecule has 0 radical (unpaired) electrons. The summed E-state index contributed by atoms with van der Waals surface area (Å²) in [7, 11) is -3.83. The lowest BCUT2D eigenvalue weighted by atomic mass is 9.87. The highest BCUT2D eigenvalue weighted by atomic mass is 32.2. The summed E-state index contributed by atoms with van der Waals surface area (Å²) in [6.07, 6.45) is 20.4. The number of rotatable bonds is 14. The molecule has 0 amide bonds. The molecule has 1 rings (SSSR count). The van der Waals surface area contributed by atoms with Crippen molar-refractivity contribution in [1.82, 2.24) is 0 Å². The Morgan fingerprint density at radius 3 is 2.33 bits per heavy atom. The Bertz CT molecular complexity index is 595. The van der Waals surface area contributed by atoms with E-state index in [-0.39, 0.29) is 5.57 Å². The first-order valence-corrected chi connectivity index (χ1v) is 12.1. The minimum absolute atomic E-state index is 0.199. The van der Waals surface area contributed by atoms with Gasteiger partial charge in [0.1, 0.15) is 0 Å². The van der Waals surface area contributed by atoms with Crippen LogP contribution in [0.5, 0.6) is 0 Å². The van der Waals surface area contributed by atoms with Gasteiger partial charge in [0.15, 0.2) is 0 Å². The Morgan fingerprint density at radius 1 is 1.07 bits per heavy atom. The molecule has 1 aliphatic rings. The molecule has 1 fully saturated rings. The highest BCUT2D eigenvalue weighted by Gasteiger charge is 2.25. The van der Waals surface area contributed by atoms with Crippen LogP contribution in [-0.2, 0) is 14.8 Å². The molecule has 0 saturated heterocycles. The van der Waals surface area contributed by atoms with Crippen LogP contribution in [0.2, 0.25) is 0 Å². The summed E-state index contributed by atoms with van der Waals surface area (Å²) in [6.45, 7) is 2.25. The molecule has 1 saturated carbocycles. The average Bonchev–Trinajstić information content (AvgIpc) is 3.03. The molecule has 27 heavy (non-hydrogen) atoms. The number of allylic oxidation sites excluding steroid dienone is 3. The second-order valence-corrected chi connectivity index (χ2v) is 9.43. The Morgan fingerprint density at radius 2 is 1.70 bits per heavy atom. The minimum atomic E-state index is -3.83. The number of hydrogen-bond donors (Lipinski definition) is 2. The maximum Gasteiger partial charge on any atom is 0.332 e. The van der Waals surface area contributed by atoms with Gasteiger partial charge in [-0.05, 0) is 24.7 Å². The van der Waals surface area contributed by atoms with Gasteiger partial charge in [0, 0.05) is 0 Å². The maximum absolute atomic E-state index is 11.1. The number of aliphatic carboxylic acids is 1. The summed E-state index contributed by atoms with van der Waals surface area (Å²) in [5, 5.41) is 13.9. The van der Waals surface area contributed by atoms with Gasteiger partial charge in [0.05, 0.1) is 11.3 Å². The van der Waals surface area contributed by atoms with Gasteiger partial charge < -0.3 is 5.11 Å². The smallest absolute Gasteiger partial charge is 0.332 e. The lowest BCUT2D eigenvalue weighted by molar-refractivity contribution is -0.132. The van der Waals surface area contributed by atoms with Gasteiger partial charge in [0.25, 0.3) is 0 Å². The van der Waals surface area contributed by atoms with Crippen molar-refractivity contribution in [3.8, 4) is 0 Å². The summed E-state index contributed by atoms with van der Waals surface area (Å²) >= 11 is 0. The normalized spacial score (nSPS) is 21.2. The van der Waals surface area contributed by atoms with E-state index in [0.29, 0.717) is 0 Å². The number of nitrogens with two attached hydrogens (primary N) is 1. The molecule has 0 aromatic heterocycles. The van der Waals surface area contributed by atoms with Crippen LogP contribution in [0.1, 0.15) is 84.0 Å². The van der Waals surface area contributed by atoms with E-state index in [1.807, 2.05) is 6.08 Å². The third-order valence-corrected chi connectivity index (χ3v) is 6.23. The number of primary sulfonamides is 1. The minimum Gasteiger partial charge on any atom is -0.478 e. The van der Waals surface area contributed by atoms with Crippen molar-refractivity contribution in [1.29, 1.82) is 0 Å². The molecular weight excluding hydrogens is 362 g/mol. The van der Waals surface area contributed by atoms with Gasteiger partial charge in [0.2, 0.25) is 10.0 Å². The predicted octanol–water partition coefficient (Wildman–Crippen LogP) is 4.79. The lowest BCUT2D eigenvalue weighted by Crippen LogP contribution is -2.21. The number of carboxylic acid groups (broad SMARTS) is 1. The van der Waals surface area contributed by atoms with E-state index < -0.39 is 21.7 Å². The fraction of sp³-hybridized carbons (Fsp3) is 0.762. The lowest BCUT2D eigenvalue weighted by Gasteiger charge is -2.18. The molecule has 0 aromatic carbocycles. The van der Waals surface area contributed by atoms with E-state index in [9.17, 15) is 13.2 Å². The second-order valence-electron chi connectivity index (χ2n) is 7.82. The summed E-state index contributed by atoms with van der Waals surface area (Å²) in [5.74, 6) is -0.270. The van der Waals surface area contributed by atoms with E-state index in [1.54, 1.807) is 6.08 Å². The second kappa shape index (κ2) is 13.1. The van der Waals surface area contributed by atoms with Crippen molar-refractivity contribution in [3.63, 3.8) is 0 Å². The Hall–Kier alpha value is -1.14. The number of hydrogen-bond acceptors (Lipinski definition) is 3. The summed E-state index contributed by atoms with van der Waals surface area (Å²) in [4.78, 5) is 11.1. The van der Waals surface area contributed by atoms with Crippen molar-refractivity contribution in [2.75, 3.05) is 5.75 Å². The zero-order chi connectivity index (χ0) is 20.1. The van der Waals surface area contributed by atoms with Crippen molar-refractivity contribution < 1.29 is 18.3 Å². The third kappa shape index (κ3) is 11.3. The van der Waals surface area contributed by atoms with Crippen LogP contribution in [0.4, 0.5) is 0 Å². The topological polar surface area (TPSA) is 97.5 Å². The van der Waals surface area contributed by atoms with Gasteiger partial charge in [-0.1, -0.05) is 89.4 Å². The first kappa shape index (κ1) is 23.9. The molecule has 0 spiro atoms.